The van der Waals surface area contributed by atoms with E-state index in [0.717, 1.165) is 19.3 Å². The average Bonchev–Trinajstić information content (AvgIpc) is 3.15. The summed E-state index contributed by atoms with van der Waals surface area (Å²) in [4.78, 5) is 4.09. The minimum atomic E-state index is -3.74. The van der Waals surface area contributed by atoms with Gasteiger partial charge in [-0.25, -0.2) is 26.5 Å². The molecule has 1 fully saturated rings. The van der Waals surface area contributed by atoms with Crippen molar-refractivity contribution in [2.45, 2.75) is 48.6 Å². The van der Waals surface area contributed by atoms with E-state index in [-0.39, 0.29) is 15.8 Å². The molecule has 1 saturated heterocycles. The quantitative estimate of drug-likeness (QED) is 0.741. The molecule has 0 bridgehead atoms. The van der Waals surface area contributed by atoms with E-state index in [0.29, 0.717) is 19.6 Å². The standard InChI is InChI=1S/C17H24N4O4S2/c1-15(13-20-12-9-18-14-20)19-26(22,23)16-5-7-17(8-6-16)27(24,25)21-10-3-2-4-11-21/h5-9,12,14-15,19H,2-4,10-11,13H2,1H3. The van der Waals surface area contributed by atoms with Crippen LogP contribution in [0.1, 0.15) is 26.2 Å². The number of aromatic nitrogens is 2. The normalized spacial score (nSPS) is 17.7. The Morgan fingerprint density at radius 3 is 2.26 bits per heavy atom. The Morgan fingerprint density at radius 2 is 1.67 bits per heavy atom. The van der Waals surface area contributed by atoms with Crippen LogP contribution in [0.2, 0.25) is 0 Å². The van der Waals surface area contributed by atoms with Crippen molar-refractivity contribution in [1.29, 1.82) is 0 Å². The van der Waals surface area contributed by atoms with Gasteiger partial charge in [0.1, 0.15) is 0 Å². The fourth-order valence-corrected chi connectivity index (χ4v) is 5.88. The highest BCUT2D eigenvalue weighted by molar-refractivity contribution is 7.89. The molecule has 27 heavy (non-hydrogen) atoms. The Hall–Kier alpha value is -1.75. The van der Waals surface area contributed by atoms with E-state index in [4.69, 9.17) is 0 Å². The number of benzene rings is 1. The Balaban J connectivity index is 1.71. The van der Waals surface area contributed by atoms with E-state index >= 15 is 0 Å². The highest BCUT2D eigenvalue weighted by atomic mass is 32.2. The zero-order chi connectivity index (χ0) is 19.5. The third-order valence-electron chi connectivity index (χ3n) is 4.49. The SMILES string of the molecule is CC(Cn1ccnc1)NS(=O)(=O)c1ccc(S(=O)(=O)N2CCCCC2)cc1. The molecule has 8 nitrogen and oxygen atoms in total. The van der Waals surface area contributed by atoms with Gasteiger partial charge in [-0.1, -0.05) is 6.42 Å². The first-order valence-electron chi connectivity index (χ1n) is 8.87. The fourth-order valence-electron chi connectivity index (χ4n) is 3.13. The summed E-state index contributed by atoms with van der Waals surface area (Å²) < 4.78 is 56.2. The van der Waals surface area contributed by atoms with E-state index in [9.17, 15) is 16.8 Å². The van der Waals surface area contributed by atoms with Gasteiger partial charge >= 0.3 is 0 Å². The second-order valence-corrected chi connectivity index (χ2v) is 10.4. The maximum absolute atomic E-state index is 12.7. The molecular weight excluding hydrogens is 388 g/mol. The van der Waals surface area contributed by atoms with Gasteiger partial charge in [0.15, 0.2) is 0 Å². The largest absolute Gasteiger partial charge is 0.336 e. The monoisotopic (exact) mass is 412 g/mol. The van der Waals surface area contributed by atoms with Crippen molar-refractivity contribution in [2.75, 3.05) is 13.1 Å². The summed E-state index contributed by atoms with van der Waals surface area (Å²) in [7, 11) is -7.32. The van der Waals surface area contributed by atoms with Crippen LogP contribution in [0.5, 0.6) is 0 Å². The Labute approximate surface area is 160 Å². The van der Waals surface area contributed by atoms with Crippen molar-refractivity contribution < 1.29 is 16.8 Å². The van der Waals surface area contributed by atoms with Crippen LogP contribution in [0.3, 0.4) is 0 Å². The number of sulfonamides is 2. The molecule has 1 aromatic carbocycles. The maximum Gasteiger partial charge on any atom is 0.243 e. The Morgan fingerprint density at radius 1 is 1.04 bits per heavy atom. The first-order chi connectivity index (χ1) is 12.8. The molecule has 148 valence electrons. The van der Waals surface area contributed by atoms with E-state index in [2.05, 4.69) is 9.71 Å². The molecule has 0 aliphatic carbocycles. The van der Waals surface area contributed by atoms with Crippen molar-refractivity contribution in [1.82, 2.24) is 18.6 Å². The fraction of sp³-hybridized carbons (Fsp3) is 0.471. The van der Waals surface area contributed by atoms with Gasteiger partial charge in [-0.2, -0.15) is 4.31 Å². The van der Waals surface area contributed by atoms with Crippen molar-refractivity contribution in [3.63, 3.8) is 0 Å². The highest BCUT2D eigenvalue weighted by Crippen LogP contribution is 2.22. The number of piperidine rings is 1. The molecule has 3 rings (SSSR count). The van der Waals surface area contributed by atoms with Crippen LogP contribution >= 0.6 is 0 Å². The van der Waals surface area contributed by atoms with E-state index in [1.165, 1.54) is 28.6 Å². The lowest BCUT2D eigenvalue weighted by molar-refractivity contribution is 0.346. The van der Waals surface area contributed by atoms with Crippen molar-refractivity contribution >= 4 is 20.0 Å². The minimum Gasteiger partial charge on any atom is -0.336 e. The third kappa shape index (κ3) is 4.75. The smallest absolute Gasteiger partial charge is 0.243 e. The molecule has 0 radical (unpaired) electrons. The maximum atomic E-state index is 12.7. The molecule has 2 aromatic rings. The first kappa shape index (κ1) is 20.0. The number of hydrogen-bond acceptors (Lipinski definition) is 5. The van der Waals surface area contributed by atoms with Crippen LogP contribution < -0.4 is 4.72 Å². The molecule has 10 heteroatoms. The first-order valence-corrected chi connectivity index (χ1v) is 11.8. The highest BCUT2D eigenvalue weighted by Gasteiger charge is 2.26. The van der Waals surface area contributed by atoms with Crippen LogP contribution in [0.25, 0.3) is 0 Å². The average molecular weight is 413 g/mol. The molecule has 1 N–H and O–H groups in total. The third-order valence-corrected chi connectivity index (χ3v) is 8.01. The van der Waals surface area contributed by atoms with Crippen LogP contribution in [0.4, 0.5) is 0 Å². The van der Waals surface area contributed by atoms with Crippen molar-refractivity contribution in [3.05, 3.63) is 43.0 Å². The van der Waals surface area contributed by atoms with Crippen LogP contribution in [-0.2, 0) is 26.6 Å². The molecule has 0 spiro atoms. The molecule has 1 aliphatic rings. The van der Waals surface area contributed by atoms with E-state index in [1.807, 2.05) is 0 Å². The second kappa shape index (κ2) is 8.09. The Bertz CT molecular complexity index is 949. The summed E-state index contributed by atoms with van der Waals surface area (Å²) in [5, 5.41) is 0. The van der Waals surface area contributed by atoms with Gasteiger partial charge in [-0.05, 0) is 44.0 Å². The number of rotatable bonds is 7. The lowest BCUT2D eigenvalue weighted by Crippen LogP contribution is -2.36. The lowest BCUT2D eigenvalue weighted by atomic mass is 10.2. The number of nitrogens with one attached hydrogen (secondary N) is 1. The van der Waals surface area contributed by atoms with Gasteiger partial charge in [0, 0.05) is 38.1 Å². The van der Waals surface area contributed by atoms with Crippen molar-refractivity contribution in [3.8, 4) is 0 Å². The van der Waals surface area contributed by atoms with Crippen LogP contribution in [-0.4, -0.2) is 49.8 Å². The van der Waals surface area contributed by atoms with Crippen LogP contribution in [0.15, 0.2) is 52.8 Å². The molecule has 0 saturated carbocycles. The summed E-state index contributed by atoms with van der Waals surface area (Å²) >= 11 is 0. The minimum absolute atomic E-state index is 0.0394. The van der Waals surface area contributed by atoms with Gasteiger partial charge in [-0.3, -0.25) is 0 Å². The molecule has 0 amide bonds. The topological polar surface area (TPSA) is 101 Å². The number of nitrogens with zero attached hydrogens (tertiary/aromatic N) is 3. The molecule has 1 aliphatic heterocycles. The molecule has 2 heterocycles. The molecule has 1 aromatic heterocycles. The predicted molar refractivity (Wildman–Crippen MR) is 101 cm³/mol. The summed E-state index contributed by atoms with van der Waals surface area (Å²) in [6, 6.07) is 5.05. The Kier molecular flexibility index (Phi) is 5.99. The van der Waals surface area contributed by atoms with Gasteiger partial charge in [0.2, 0.25) is 20.0 Å². The molecular formula is C17H24N4O4S2. The van der Waals surface area contributed by atoms with E-state index < -0.39 is 20.0 Å². The number of hydrogen-bond donors (Lipinski definition) is 1. The predicted octanol–water partition coefficient (Wildman–Crippen LogP) is 1.42. The van der Waals surface area contributed by atoms with E-state index in [1.54, 1.807) is 30.2 Å². The lowest BCUT2D eigenvalue weighted by Gasteiger charge is -2.25. The second-order valence-electron chi connectivity index (χ2n) is 6.72. The van der Waals surface area contributed by atoms with Crippen molar-refractivity contribution in [2.24, 2.45) is 0 Å². The summed E-state index contributed by atoms with van der Waals surface area (Å²) in [5.74, 6) is 0. The van der Waals surface area contributed by atoms with Gasteiger partial charge in [0.25, 0.3) is 0 Å². The summed E-state index contributed by atoms with van der Waals surface area (Å²) in [5.41, 5.74) is 0. The van der Waals surface area contributed by atoms with Gasteiger partial charge in [-0.15, -0.1) is 0 Å². The van der Waals surface area contributed by atoms with Gasteiger partial charge in [0.05, 0.1) is 16.1 Å². The van der Waals surface area contributed by atoms with Gasteiger partial charge < -0.3 is 4.57 Å². The zero-order valence-corrected chi connectivity index (χ0v) is 16.8. The van der Waals surface area contributed by atoms with Crippen LogP contribution in [0, 0.1) is 0 Å². The summed E-state index contributed by atoms with van der Waals surface area (Å²) in [6.45, 7) is 3.22. The molecule has 1 unspecified atom stereocenters. The molecule has 1 atom stereocenters. The number of imidazole rings is 1. The zero-order valence-electron chi connectivity index (χ0n) is 15.2. The summed E-state index contributed by atoms with van der Waals surface area (Å²) in [6.07, 6.45) is 7.74.